The van der Waals surface area contributed by atoms with Gasteiger partial charge in [-0.1, -0.05) is 0 Å². The Morgan fingerprint density at radius 1 is 1.42 bits per heavy atom. The minimum Gasteiger partial charge on any atom is -0.491 e. The van der Waals surface area contributed by atoms with Crippen LogP contribution in [0.3, 0.4) is 0 Å². The Hall–Kier alpha value is -1.06. The van der Waals surface area contributed by atoms with Crippen LogP contribution in [0.5, 0.6) is 5.75 Å². The number of hydrogen-bond acceptors (Lipinski definition) is 3. The molecule has 0 unspecified atom stereocenters. The van der Waals surface area contributed by atoms with Gasteiger partial charge in [-0.05, 0) is 56.8 Å². The fraction of sp³-hybridized carbons (Fsp3) is 0.385. The summed E-state index contributed by atoms with van der Waals surface area (Å²) in [5, 5.41) is 17.7. The van der Waals surface area contributed by atoms with E-state index in [2.05, 4.69) is 37.9 Å². The Balaban J connectivity index is 2.13. The Morgan fingerprint density at radius 2 is 2.00 bits per heavy atom. The normalized spacial score (nSPS) is 15.6. The third-order valence-corrected chi connectivity index (χ3v) is 4.36. The summed E-state index contributed by atoms with van der Waals surface area (Å²) < 4.78 is 6.92. The number of halogens is 2. The molecule has 0 aromatic heterocycles. The molecule has 0 saturated heterocycles. The highest BCUT2D eigenvalue weighted by atomic mass is 79.9. The molecule has 100 valence electrons. The maximum Gasteiger partial charge on any atom is 0.335 e. The van der Waals surface area contributed by atoms with E-state index in [0.717, 1.165) is 12.8 Å². The molecule has 1 fully saturated rings. The number of carboxylic acids is 1. The summed E-state index contributed by atoms with van der Waals surface area (Å²) in [5.74, 6) is -0.412. The number of rotatable bonds is 5. The lowest BCUT2D eigenvalue weighted by Crippen LogP contribution is -2.13. The third kappa shape index (κ3) is 3.28. The molecule has 1 saturated carbocycles. The van der Waals surface area contributed by atoms with E-state index >= 15 is 0 Å². The summed E-state index contributed by atoms with van der Waals surface area (Å²) in [4.78, 5) is 10.9. The van der Waals surface area contributed by atoms with Gasteiger partial charge in [-0.15, -0.1) is 0 Å². The highest BCUT2D eigenvalue weighted by Crippen LogP contribution is 2.49. The van der Waals surface area contributed by atoms with Gasteiger partial charge in [-0.25, -0.2) is 4.79 Å². The van der Waals surface area contributed by atoms with Crippen molar-refractivity contribution in [2.75, 3.05) is 6.61 Å². The van der Waals surface area contributed by atoms with Gasteiger partial charge in [0.05, 0.1) is 27.2 Å². The summed E-state index contributed by atoms with van der Waals surface area (Å²) >= 11 is 6.62. The van der Waals surface area contributed by atoms with Crippen molar-refractivity contribution in [3.63, 3.8) is 0 Å². The molecule has 1 N–H and O–H groups in total. The van der Waals surface area contributed by atoms with Crippen LogP contribution >= 0.6 is 31.9 Å². The maximum atomic E-state index is 10.9. The van der Waals surface area contributed by atoms with E-state index < -0.39 is 5.97 Å². The SMILES string of the molecule is N#CCC1(COc2c(Br)cc(C(=O)O)cc2Br)CC1. The summed E-state index contributed by atoms with van der Waals surface area (Å²) in [6.45, 7) is 0.476. The first-order valence-corrected chi connectivity index (χ1v) is 7.28. The molecule has 19 heavy (non-hydrogen) atoms. The molecule has 0 amide bonds. The van der Waals surface area contributed by atoms with Crippen molar-refractivity contribution >= 4 is 37.8 Å². The Morgan fingerprint density at radius 3 is 2.42 bits per heavy atom. The van der Waals surface area contributed by atoms with Gasteiger partial charge in [0.15, 0.2) is 0 Å². The number of carbonyl (C=O) groups is 1. The third-order valence-electron chi connectivity index (χ3n) is 3.18. The first kappa shape index (κ1) is 14.4. The Bertz CT molecular complexity index is 538. The van der Waals surface area contributed by atoms with Crippen molar-refractivity contribution in [1.82, 2.24) is 0 Å². The highest BCUT2D eigenvalue weighted by Gasteiger charge is 2.43. The smallest absolute Gasteiger partial charge is 0.335 e. The van der Waals surface area contributed by atoms with Crippen LogP contribution < -0.4 is 4.74 Å². The van der Waals surface area contributed by atoms with Crippen LogP contribution in [0, 0.1) is 16.7 Å². The molecule has 2 rings (SSSR count). The Labute approximate surface area is 127 Å². The molecule has 1 aromatic rings. The van der Waals surface area contributed by atoms with Crippen LogP contribution in [-0.4, -0.2) is 17.7 Å². The van der Waals surface area contributed by atoms with Crippen molar-refractivity contribution in [1.29, 1.82) is 5.26 Å². The number of carboxylic acid groups (broad SMARTS) is 1. The van der Waals surface area contributed by atoms with E-state index in [-0.39, 0.29) is 11.0 Å². The van der Waals surface area contributed by atoms with Crippen LogP contribution in [0.2, 0.25) is 0 Å². The second-order valence-corrected chi connectivity index (χ2v) is 6.41. The molecule has 0 heterocycles. The van der Waals surface area contributed by atoms with Gasteiger partial charge < -0.3 is 9.84 Å². The van der Waals surface area contributed by atoms with Crippen LogP contribution in [0.4, 0.5) is 0 Å². The number of nitrogens with zero attached hydrogens (tertiary/aromatic N) is 1. The summed E-state index contributed by atoms with van der Waals surface area (Å²) in [6, 6.07) is 5.19. The molecule has 4 nitrogen and oxygen atoms in total. The molecular formula is C13H11Br2NO3. The maximum absolute atomic E-state index is 10.9. The predicted octanol–water partition coefficient (Wildman–Crippen LogP) is 3.98. The summed E-state index contributed by atoms with van der Waals surface area (Å²) in [7, 11) is 0. The van der Waals surface area contributed by atoms with E-state index in [9.17, 15) is 4.79 Å². The quantitative estimate of drug-likeness (QED) is 0.827. The van der Waals surface area contributed by atoms with Crippen LogP contribution in [0.25, 0.3) is 0 Å². The Kier molecular flexibility index (Phi) is 4.16. The highest BCUT2D eigenvalue weighted by molar-refractivity contribution is 9.11. The van der Waals surface area contributed by atoms with Crippen molar-refractivity contribution in [3.05, 3.63) is 26.6 Å². The van der Waals surface area contributed by atoms with Crippen molar-refractivity contribution in [2.24, 2.45) is 5.41 Å². The zero-order chi connectivity index (χ0) is 14.0. The first-order valence-electron chi connectivity index (χ1n) is 5.69. The van der Waals surface area contributed by atoms with Gasteiger partial charge in [0.25, 0.3) is 0 Å². The van der Waals surface area contributed by atoms with Crippen molar-refractivity contribution in [2.45, 2.75) is 19.3 Å². The molecule has 1 aliphatic rings. The minimum absolute atomic E-state index is 0.0148. The molecule has 1 aromatic carbocycles. The molecule has 0 radical (unpaired) electrons. The lowest BCUT2D eigenvalue weighted by molar-refractivity contribution is 0.0696. The van der Waals surface area contributed by atoms with E-state index in [1.165, 1.54) is 12.1 Å². The van der Waals surface area contributed by atoms with Crippen LogP contribution in [0.15, 0.2) is 21.1 Å². The van der Waals surface area contributed by atoms with Crippen LogP contribution in [-0.2, 0) is 0 Å². The molecule has 6 heteroatoms. The van der Waals surface area contributed by atoms with E-state index in [0.29, 0.717) is 27.7 Å². The average Bonchev–Trinajstić information content (AvgIpc) is 3.08. The molecule has 0 spiro atoms. The second-order valence-electron chi connectivity index (χ2n) is 4.70. The second kappa shape index (κ2) is 5.51. The fourth-order valence-corrected chi connectivity index (χ4v) is 3.18. The fourth-order valence-electron chi connectivity index (χ4n) is 1.76. The van der Waals surface area contributed by atoms with Gasteiger partial charge in [0, 0.05) is 11.8 Å². The molecular weight excluding hydrogens is 378 g/mol. The van der Waals surface area contributed by atoms with Gasteiger partial charge in [0.1, 0.15) is 5.75 Å². The summed E-state index contributed by atoms with van der Waals surface area (Å²) in [6.07, 6.45) is 2.50. The topological polar surface area (TPSA) is 70.3 Å². The number of nitriles is 1. The zero-order valence-electron chi connectivity index (χ0n) is 9.95. The number of benzene rings is 1. The van der Waals surface area contributed by atoms with Gasteiger partial charge >= 0.3 is 5.97 Å². The standard InChI is InChI=1S/C13H11Br2NO3/c14-9-5-8(12(17)18)6-10(15)11(9)19-7-13(1-2-13)3-4-16/h5-6H,1-3,7H2,(H,17,18). The minimum atomic E-state index is -0.990. The summed E-state index contributed by atoms with van der Waals surface area (Å²) in [5.41, 5.74) is 0.170. The van der Waals surface area contributed by atoms with Crippen molar-refractivity contribution in [3.8, 4) is 11.8 Å². The monoisotopic (exact) mass is 387 g/mol. The van der Waals surface area contributed by atoms with E-state index in [1.54, 1.807) is 0 Å². The van der Waals surface area contributed by atoms with Gasteiger partial charge in [-0.3, -0.25) is 0 Å². The largest absolute Gasteiger partial charge is 0.491 e. The van der Waals surface area contributed by atoms with Crippen LogP contribution in [0.1, 0.15) is 29.6 Å². The number of ether oxygens (including phenoxy) is 1. The van der Waals surface area contributed by atoms with Gasteiger partial charge in [-0.2, -0.15) is 5.26 Å². The molecule has 0 atom stereocenters. The van der Waals surface area contributed by atoms with Crippen molar-refractivity contribution < 1.29 is 14.6 Å². The number of hydrogen-bond donors (Lipinski definition) is 1. The zero-order valence-corrected chi connectivity index (χ0v) is 13.1. The molecule has 0 bridgehead atoms. The van der Waals surface area contributed by atoms with Gasteiger partial charge in [0.2, 0.25) is 0 Å². The van der Waals surface area contributed by atoms with E-state index in [1.807, 2.05) is 0 Å². The lowest BCUT2D eigenvalue weighted by Gasteiger charge is -2.15. The number of aromatic carboxylic acids is 1. The lowest BCUT2D eigenvalue weighted by atomic mass is 10.1. The predicted molar refractivity (Wildman–Crippen MR) is 76.2 cm³/mol. The molecule has 0 aliphatic heterocycles. The average molecular weight is 389 g/mol. The molecule has 1 aliphatic carbocycles. The first-order chi connectivity index (χ1) is 8.97. The van der Waals surface area contributed by atoms with E-state index in [4.69, 9.17) is 15.1 Å².